The number of allylic oxidation sites excluding steroid dienone is 1. The smallest absolute Gasteiger partial charge is 0.131 e. The highest BCUT2D eigenvalue weighted by Crippen LogP contribution is 2.34. The largest absolute Gasteiger partial charge is 0.313 e. The molecule has 90 valence electrons. The highest BCUT2D eigenvalue weighted by atomic mass is 35.5. The molecule has 0 unspecified atom stereocenters. The first-order valence-corrected chi connectivity index (χ1v) is 6.67. The van der Waals surface area contributed by atoms with Crippen LogP contribution in [0.25, 0.3) is 5.57 Å². The van der Waals surface area contributed by atoms with Crippen LogP contribution in [0.5, 0.6) is 0 Å². The first-order chi connectivity index (χ1) is 8.24. The molecule has 0 saturated carbocycles. The van der Waals surface area contributed by atoms with E-state index in [0.29, 0.717) is 11.2 Å². The van der Waals surface area contributed by atoms with Crippen LogP contribution in [0.4, 0.5) is 0 Å². The van der Waals surface area contributed by atoms with Gasteiger partial charge in [-0.3, -0.25) is 0 Å². The van der Waals surface area contributed by atoms with Crippen molar-refractivity contribution in [1.29, 1.82) is 0 Å². The summed E-state index contributed by atoms with van der Waals surface area (Å²) < 4.78 is 0. The molecule has 2 atom stereocenters. The minimum absolute atomic E-state index is 0.613. The normalized spacial score (nSPS) is 27.8. The minimum Gasteiger partial charge on any atom is -0.313 e. The molecule has 1 saturated heterocycles. The predicted molar refractivity (Wildman–Crippen MR) is 71.1 cm³/mol. The van der Waals surface area contributed by atoms with Gasteiger partial charge in [0.15, 0.2) is 0 Å². The number of nitrogens with one attached hydrogen (secondary N) is 1. The molecular formula is C14H17ClN2. The summed E-state index contributed by atoms with van der Waals surface area (Å²) >= 11 is 5.97. The molecule has 0 spiro atoms. The van der Waals surface area contributed by atoms with E-state index in [2.05, 4.69) is 22.4 Å². The van der Waals surface area contributed by atoms with Crippen molar-refractivity contribution in [3.8, 4) is 0 Å². The van der Waals surface area contributed by atoms with Gasteiger partial charge in [0, 0.05) is 12.2 Å². The minimum atomic E-state index is 0.613. The summed E-state index contributed by atoms with van der Waals surface area (Å²) in [5.74, 6) is 0.847. The summed E-state index contributed by atoms with van der Waals surface area (Å²) in [6.07, 6.45) is 7.95. The van der Waals surface area contributed by atoms with E-state index >= 15 is 0 Å². The molecule has 2 aliphatic rings. The topological polar surface area (TPSA) is 24.9 Å². The molecule has 3 heteroatoms. The van der Waals surface area contributed by atoms with Gasteiger partial charge < -0.3 is 5.32 Å². The van der Waals surface area contributed by atoms with Crippen molar-refractivity contribution in [1.82, 2.24) is 10.3 Å². The Morgan fingerprint density at radius 2 is 2.35 bits per heavy atom. The molecule has 2 heterocycles. The molecule has 1 N–H and O–H groups in total. The van der Waals surface area contributed by atoms with Crippen molar-refractivity contribution < 1.29 is 0 Å². The summed E-state index contributed by atoms with van der Waals surface area (Å²) in [7, 11) is 0. The third-order valence-corrected chi connectivity index (χ3v) is 4.38. The van der Waals surface area contributed by atoms with Gasteiger partial charge in [0.1, 0.15) is 5.15 Å². The molecule has 0 aromatic carbocycles. The number of halogens is 1. The Morgan fingerprint density at radius 3 is 3.18 bits per heavy atom. The Morgan fingerprint density at radius 1 is 1.47 bits per heavy atom. The molecule has 1 fully saturated rings. The predicted octanol–water partition coefficient (Wildman–Crippen LogP) is 3.20. The SMILES string of the molecule is Cc1cc(C2=CC[C@H]3CCN[C@H]3C2)cnc1Cl. The van der Waals surface area contributed by atoms with E-state index in [4.69, 9.17) is 11.6 Å². The fourth-order valence-corrected chi connectivity index (χ4v) is 3.03. The second kappa shape index (κ2) is 4.43. The van der Waals surface area contributed by atoms with Gasteiger partial charge in [0.2, 0.25) is 0 Å². The van der Waals surface area contributed by atoms with Crippen LogP contribution in [0.15, 0.2) is 18.3 Å². The van der Waals surface area contributed by atoms with E-state index in [0.717, 1.165) is 17.9 Å². The summed E-state index contributed by atoms with van der Waals surface area (Å²) in [6, 6.07) is 2.82. The standard InChI is InChI=1S/C14H17ClN2/c1-9-6-12(8-17-14(9)15)11-3-2-10-4-5-16-13(10)7-11/h3,6,8,10,13,16H,2,4-5,7H2,1H3/t10-,13-/m0/s1. The van der Waals surface area contributed by atoms with Crippen LogP contribution in [-0.4, -0.2) is 17.6 Å². The third-order valence-electron chi connectivity index (χ3n) is 3.98. The molecular weight excluding hydrogens is 232 g/mol. The van der Waals surface area contributed by atoms with Crippen molar-refractivity contribution in [2.75, 3.05) is 6.54 Å². The lowest BCUT2D eigenvalue weighted by atomic mass is 9.83. The zero-order valence-electron chi connectivity index (χ0n) is 10.0. The molecule has 0 amide bonds. The Kier molecular flexibility index (Phi) is 2.93. The van der Waals surface area contributed by atoms with Crippen LogP contribution >= 0.6 is 11.6 Å². The summed E-state index contributed by atoms with van der Waals surface area (Å²) in [5.41, 5.74) is 3.72. The van der Waals surface area contributed by atoms with Crippen LogP contribution < -0.4 is 5.32 Å². The number of nitrogens with zero attached hydrogens (tertiary/aromatic N) is 1. The Bertz CT molecular complexity index is 467. The van der Waals surface area contributed by atoms with Crippen molar-refractivity contribution in [2.24, 2.45) is 5.92 Å². The number of pyridine rings is 1. The maximum Gasteiger partial charge on any atom is 0.131 e. The zero-order chi connectivity index (χ0) is 11.8. The number of aromatic nitrogens is 1. The van der Waals surface area contributed by atoms with Gasteiger partial charge in [-0.1, -0.05) is 17.7 Å². The van der Waals surface area contributed by atoms with Crippen molar-refractivity contribution >= 4 is 17.2 Å². The van der Waals surface area contributed by atoms with E-state index in [1.54, 1.807) is 0 Å². The molecule has 0 bridgehead atoms. The second-order valence-electron chi connectivity index (χ2n) is 5.11. The van der Waals surface area contributed by atoms with Crippen LogP contribution in [0.3, 0.4) is 0 Å². The number of rotatable bonds is 1. The van der Waals surface area contributed by atoms with Gasteiger partial charge in [-0.15, -0.1) is 0 Å². The van der Waals surface area contributed by atoms with Gasteiger partial charge >= 0.3 is 0 Å². The third kappa shape index (κ3) is 2.12. The van der Waals surface area contributed by atoms with E-state index in [9.17, 15) is 0 Å². The van der Waals surface area contributed by atoms with Gasteiger partial charge in [-0.05, 0) is 61.4 Å². The Labute approximate surface area is 107 Å². The van der Waals surface area contributed by atoms with Gasteiger partial charge in [-0.2, -0.15) is 0 Å². The zero-order valence-corrected chi connectivity index (χ0v) is 10.8. The van der Waals surface area contributed by atoms with Gasteiger partial charge in [-0.25, -0.2) is 4.98 Å². The average Bonchev–Trinajstić information content (AvgIpc) is 2.79. The summed E-state index contributed by atoms with van der Waals surface area (Å²) in [5, 5.41) is 4.21. The van der Waals surface area contributed by atoms with Crippen LogP contribution in [0, 0.1) is 12.8 Å². The van der Waals surface area contributed by atoms with E-state index in [1.165, 1.54) is 30.5 Å². The second-order valence-corrected chi connectivity index (χ2v) is 5.47. The lowest BCUT2D eigenvalue weighted by Crippen LogP contribution is -2.29. The number of hydrogen-bond donors (Lipinski definition) is 1. The van der Waals surface area contributed by atoms with Crippen molar-refractivity contribution in [3.63, 3.8) is 0 Å². The molecule has 3 rings (SSSR count). The Balaban J connectivity index is 1.86. The molecule has 1 aromatic rings. The van der Waals surface area contributed by atoms with Crippen molar-refractivity contribution in [2.45, 2.75) is 32.2 Å². The number of fused-ring (bicyclic) bond motifs is 1. The lowest BCUT2D eigenvalue weighted by Gasteiger charge is -2.25. The summed E-state index contributed by atoms with van der Waals surface area (Å²) in [4.78, 5) is 4.24. The Hall–Kier alpha value is -0.860. The highest BCUT2D eigenvalue weighted by Gasteiger charge is 2.30. The van der Waals surface area contributed by atoms with Crippen molar-refractivity contribution in [3.05, 3.63) is 34.6 Å². The monoisotopic (exact) mass is 248 g/mol. The fraction of sp³-hybridized carbons (Fsp3) is 0.500. The first-order valence-electron chi connectivity index (χ1n) is 6.29. The van der Waals surface area contributed by atoms with E-state index in [1.807, 2.05) is 13.1 Å². The molecule has 1 aliphatic heterocycles. The maximum absolute atomic E-state index is 5.97. The molecule has 1 aromatic heterocycles. The fourth-order valence-electron chi connectivity index (χ4n) is 2.93. The van der Waals surface area contributed by atoms with Gasteiger partial charge in [0.05, 0.1) is 0 Å². The van der Waals surface area contributed by atoms with E-state index < -0.39 is 0 Å². The molecule has 1 aliphatic carbocycles. The maximum atomic E-state index is 5.97. The van der Waals surface area contributed by atoms with E-state index in [-0.39, 0.29) is 0 Å². The average molecular weight is 249 g/mol. The highest BCUT2D eigenvalue weighted by molar-refractivity contribution is 6.30. The lowest BCUT2D eigenvalue weighted by molar-refractivity contribution is 0.445. The number of hydrogen-bond acceptors (Lipinski definition) is 2. The molecule has 17 heavy (non-hydrogen) atoms. The number of aryl methyl sites for hydroxylation is 1. The quantitative estimate of drug-likeness (QED) is 0.772. The van der Waals surface area contributed by atoms with Gasteiger partial charge in [0.25, 0.3) is 0 Å². The first kappa shape index (κ1) is 11.2. The molecule has 2 nitrogen and oxygen atoms in total. The van der Waals surface area contributed by atoms with Crippen LogP contribution in [0.1, 0.15) is 30.4 Å². The van der Waals surface area contributed by atoms with Crippen LogP contribution in [-0.2, 0) is 0 Å². The molecule has 0 radical (unpaired) electrons. The summed E-state index contributed by atoms with van der Waals surface area (Å²) in [6.45, 7) is 3.19. The van der Waals surface area contributed by atoms with Crippen LogP contribution in [0.2, 0.25) is 5.15 Å².